The summed E-state index contributed by atoms with van der Waals surface area (Å²) in [5, 5.41) is 0. The van der Waals surface area contributed by atoms with Crippen molar-refractivity contribution >= 4 is 18.5 Å². The van der Waals surface area contributed by atoms with E-state index in [1.165, 1.54) is 0 Å². The Bertz CT molecular complexity index is 268. The Morgan fingerprint density at radius 2 is 1.75 bits per heavy atom. The highest BCUT2D eigenvalue weighted by Gasteiger charge is 1.97. The zero-order chi connectivity index (χ0) is 8.97. The quantitative estimate of drug-likeness (QED) is 0.675. The molecule has 0 aromatic heterocycles. The molecule has 0 heterocycles. The normalized spacial score (nSPS) is 9.75. The number of benzene rings is 1. The first-order chi connectivity index (χ1) is 5.72. The van der Waals surface area contributed by atoms with Crippen molar-refractivity contribution in [3.8, 4) is 0 Å². The molecule has 1 rings (SSSR count). The van der Waals surface area contributed by atoms with Crippen molar-refractivity contribution in [2.75, 3.05) is 0 Å². The van der Waals surface area contributed by atoms with Gasteiger partial charge in [-0.2, -0.15) is 12.6 Å². The van der Waals surface area contributed by atoms with Gasteiger partial charge in [0.15, 0.2) is 0 Å². The summed E-state index contributed by atoms with van der Waals surface area (Å²) in [5.41, 5.74) is 7.14. The van der Waals surface area contributed by atoms with E-state index in [1.807, 2.05) is 24.3 Å². The van der Waals surface area contributed by atoms with Crippen LogP contribution < -0.4 is 5.73 Å². The number of nitrogens with two attached hydrogens (primary N) is 1. The first-order valence-electron chi connectivity index (χ1n) is 3.69. The van der Waals surface area contributed by atoms with E-state index in [0.717, 1.165) is 16.9 Å². The molecule has 1 aromatic rings. The van der Waals surface area contributed by atoms with Gasteiger partial charge in [-0.3, -0.25) is 4.79 Å². The molecule has 2 N–H and O–H groups in total. The van der Waals surface area contributed by atoms with Crippen molar-refractivity contribution in [2.24, 2.45) is 5.73 Å². The highest BCUT2D eigenvalue weighted by Crippen LogP contribution is 2.06. The summed E-state index contributed by atoms with van der Waals surface area (Å²) in [4.78, 5) is 10.5. The van der Waals surface area contributed by atoms with Gasteiger partial charge in [0.1, 0.15) is 0 Å². The molecule has 0 atom stereocenters. The number of primary amides is 1. The fourth-order valence-electron chi connectivity index (χ4n) is 0.964. The zero-order valence-corrected chi connectivity index (χ0v) is 7.55. The molecule has 0 radical (unpaired) electrons. The second kappa shape index (κ2) is 4.16. The molecular formula is C9H11NOS. The van der Waals surface area contributed by atoms with E-state index in [9.17, 15) is 4.79 Å². The van der Waals surface area contributed by atoms with Gasteiger partial charge in [-0.1, -0.05) is 24.3 Å². The Kier molecular flexibility index (Phi) is 3.17. The number of thiol groups is 1. The fourth-order valence-corrected chi connectivity index (χ4v) is 1.17. The molecule has 0 aliphatic carbocycles. The van der Waals surface area contributed by atoms with Gasteiger partial charge in [0, 0.05) is 5.75 Å². The van der Waals surface area contributed by atoms with Gasteiger partial charge in [-0.15, -0.1) is 0 Å². The third-order valence-electron chi connectivity index (χ3n) is 1.58. The van der Waals surface area contributed by atoms with Crippen LogP contribution in [0.1, 0.15) is 11.1 Å². The predicted molar refractivity (Wildman–Crippen MR) is 52.0 cm³/mol. The van der Waals surface area contributed by atoms with Gasteiger partial charge in [-0.05, 0) is 11.1 Å². The van der Waals surface area contributed by atoms with Gasteiger partial charge in [-0.25, -0.2) is 0 Å². The maximum absolute atomic E-state index is 10.5. The lowest BCUT2D eigenvalue weighted by molar-refractivity contribution is -0.117. The molecule has 12 heavy (non-hydrogen) atoms. The average Bonchev–Trinajstić information content (AvgIpc) is 2.05. The molecule has 0 spiro atoms. The van der Waals surface area contributed by atoms with Crippen LogP contribution in [0.3, 0.4) is 0 Å². The van der Waals surface area contributed by atoms with Gasteiger partial charge in [0.05, 0.1) is 6.42 Å². The number of hydrogen-bond acceptors (Lipinski definition) is 2. The van der Waals surface area contributed by atoms with E-state index >= 15 is 0 Å². The van der Waals surface area contributed by atoms with E-state index < -0.39 is 0 Å². The Morgan fingerprint density at radius 1 is 1.25 bits per heavy atom. The molecule has 0 unspecified atom stereocenters. The molecule has 1 aromatic carbocycles. The van der Waals surface area contributed by atoms with Crippen LogP contribution in [-0.2, 0) is 17.0 Å². The number of carbonyl (C=O) groups excluding carboxylic acids is 1. The number of rotatable bonds is 3. The number of hydrogen-bond donors (Lipinski definition) is 2. The third kappa shape index (κ3) is 2.58. The molecule has 2 nitrogen and oxygen atoms in total. The molecule has 0 saturated heterocycles. The molecule has 3 heteroatoms. The van der Waals surface area contributed by atoms with E-state index in [-0.39, 0.29) is 5.91 Å². The summed E-state index contributed by atoms with van der Waals surface area (Å²) < 4.78 is 0. The Labute approximate surface area is 77.2 Å². The van der Waals surface area contributed by atoms with Crippen LogP contribution in [-0.4, -0.2) is 5.91 Å². The monoisotopic (exact) mass is 181 g/mol. The van der Waals surface area contributed by atoms with Crippen LogP contribution in [0.25, 0.3) is 0 Å². The maximum Gasteiger partial charge on any atom is 0.221 e. The molecule has 0 bridgehead atoms. The van der Waals surface area contributed by atoms with Crippen LogP contribution in [0.2, 0.25) is 0 Å². The second-order valence-corrected chi connectivity index (χ2v) is 2.93. The topological polar surface area (TPSA) is 43.1 Å². The van der Waals surface area contributed by atoms with Crippen molar-refractivity contribution < 1.29 is 4.79 Å². The standard InChI is InChI=1S/C9H11NOS/c10-9(11)5-7-1-3-8(6-12)4-2-7/h1-4,12H,5-6H2,(H2,10,11). The SMILES string of the molecule is NC(=O)Cc1ccc(CS)cc1. The molecule has 0 aliphatic heterocycles. The Hall–Kier alpha value is -0.960. The minimum absolute atomic E-state index is 0.298. The van der Waals surface area contributed by atoms with Crippen molar-refractivity contribution in [3.05, 3.63) is 35.4 Å². The second-order valence-electron chi connectivity index (χ2n) is 2.62. The van der Waals surface area contributed by atoms with Crippen LogP contribution in [0.15, 0.2) is 24.3 Å². The lowest BCUT2D eigenvalue weighted by Crippen LogP contribution is -2.13. The predicted octanol–water partition coefficient (Wildman–Crippen LogP) is 1.14. The third-order valence-corrected chi connectivity index (χ3v) is 1.95. The van der Waals surface area contributed by atoms with Crippen LogP contribution >= 0.6 is 12.6 Å². The van der Waals surface area contributed by atoms with E-state index in [0.29, 0.717) is 6.42 Å². The minimum Gasteiger partial charge on any atom is -0.369 e. The van der Waals surface area contributed by atoms with Gasteiger partial charge in [0.2, 0.25) is 5.91 Å². The van der Waals surface area contributed by atoms with Crippen molar-refractivity contribution in [1.82, 2.24) is 0 Å². The van der Waals surface area contributed by atoms with Gasteiger partial charge >= 0.3 is 0 Å². The van der Waals surface area contributed by atoms with Crippen LogP contribution in [0, 0.1) is 0 Å². The van der Waals surface area contributed by atoms with Crippen molar-refractivity contribution in [1.29, 1.82) is 0 Å². The first-order valence-corrected chi connectivity index (χ1v) is 4.32. The number of amides is 1. The lowest BCUT2D eigenvalue weighted by atomic mass is 10.1. The van der Waals surface area contributed by atoms with E-state index in [2.05, 4.69) is 12.6 Å². The summed E-state index contributed by atoms with van der Waals surface area (Å²) in [5.74, 6) is 0.422. The molecule has 0 saturated carbocycles. The molecule has 1 amide bonds. The van der Waals surface area contributed by atoms with Gasteiger partial charge < -0.3 is 5.73 Å². The summed E-state index contributed by atoms with van der Waals surface area (Å²) in [6.07, 6.45) is 0.312. The van der Waals surface area contributed by atoms with E-state index in [4.69, 9.17) is 5.73 Å². The summed E-state index contributed by atoms with van der Waals surface area (Å²) in [7, 11) is 0. The molecule has 64 valence electrons. The average molecular weight is 181 g/mol. The summed E-state index contributed by atoms with van der Waals surface area (Å²) >= 11 is 4.12. The highest BCUT2D eigenvalue weighted by molar-refractivity contribution is 7.79. The Balaban J connectivity index is 2.71. The van der Waals surface area contributed by atoms with Crippen molar-refractivity contribution in [2.45, 2.75) is 12.2 Å². The van der Waals surface area contributed by atoms with Gasteiger partial charge in [0.25, 0.3) is 0 Å². The highest BCUT2D eigenvalue weighted by atomic mass is 32.1. The van der Waals surface area contributed by atoms with Crippen LogP contribution in [0.4, 0.5) is 0 Å². The zero-order valence-electron chi connectivity index (χ0n) is 6.66. The minimum atomic E-state index is -0.298. The largest absolute Gasteiger partial charge is 0.369 e. The molecule has 0 aliphatic rings. The first kappa shape index (κ1) is 9.13. The smallest absolute Gasteiger partial charge is 0.221 e. The molecule has 0 fully saturated rings. The lowest BCUT2D eigenvalue weighted by Gasteiger charge is -1.98. The Morgan fingerprint density at radius 3 is 2.17 bits per heavy atom. The maximum atomic E-state index is 10.5. The summed E-state index contributed by atoms with van der Waals surface area (Å²) in [6.45, 7) is 0. The summed E-state index contributed by atoms with van der Waals surface area (Å²) in [6, 6.07) is 7.70. The van der Waals surface area contributed by atoms with Crippen LogP contribution in [0.5, 0.6) is 0 Å². The number of carbonyl (C=O) groups is 1. The van der Waals surface area contributed by atoms with Crippen molar-refractivity contribution in [3.63, 3.8) is 0 Å². The molecular weight excluding hydrogens is 170 g/mol. The fraction of sp³-hybridized carbons (Fsp3) is 0.222. The van der Waals surface area contributed by atoms with E-state index in [1.54, 1.807) is 0 Å².